The summed E-state index contributed by atoms with van der Waals surface area (Å²) >= 11 is 0. The van der Waals surface area contributed by atoms with Crippen molar-refractivity contribution in [1.82, 2.24) is 0 Å². The maximum absolute atomic E-state index is 8.78. The highest BCUT2D eigenvalue weighted by Crippen LogP contribution is 2.20. The quantitative estimate of drug-likeness (QED) is 0.384. The molecule has 0 aliphatic rings. The molecule has 0 atom stereocenters. The summed E-state index contributed by atoms with van der Waals surface area (Å²) in [5, 5.41) is 16.5. The second kappa shape index (κ2) is 3.90. The Bertz CT molecular complexity index is 297. The fourth-order valence-corrected chi connectivity index (χ4v) is 0.742. The van der Waals surface area contributed by atoms with Crippen molar-refractivity contribution < 1.29 is 0 Å². The summed E-state index contributed by atoms with van der Waals surface area (Å²) in [4.78, 5) is 0. The average Bonchev–Trinajstić information content (AvgIpc) is 2.03. The normalized spacial score (nSPS) is 12.8. The molecular weight excluding hydrogens is 162 g/mol. The van der Waals surface area contributed by atoms with Crippen molar-refractivity contribution >= 4 is 5.71 Å². The zero-order chi connectivity index (χ0) is 10.6. The van der Waals surface area contributed by atoms with Crippen molar-refractivity contribution in [2.45, 2.75) is 20.8 Å². The molecular formula is C10H15N3. The van der Waals surface area contributed by atoms with Crippen molar-refractivity contribution in [3.05, 3.63) is 23.9 Å². The van der Waals surface area contributed by atoms with Crippen molar-refractivity contribution in [2.75, 3.05) is 0 Å². The fraction of sp³-hybridized carbons (Fsp3) is 0.400. The van der Waals surface area contributed by atoms with Crippen LogP contribution in [0.2, 0.25) is 0 Å². The standard InChI is InChI=1S/C10H15N3/c1-5-8(12)7(6-11)9(13)10(2,3)4/h5,13H,1,12H2,2-4H3/b8-7+,13-9?. The third-order valence-electron chi connectivity index (χ3n) is 1.62. The van der Waals surface area contributed by atoms with E-state index in [2.05, 4.69) is 6.58 Å². The Kier molecular flexibility index (Phi) is 3.43. The van der Waals surface area contributed by atoms with Crippen molar-refractivity contribution in [2.24, 2.45) is 11.1 Å². The topological polar surface area (TPSA) is 73.7 Å². The molecule has 70 valence electrons. The van der Waals surface area contributed by atoms with Crippen LogP contribution in [0.1, 0.15) is 20.8 Å². The molecule has 0 aromatic carbocycles. The van der Waals surface area contributed by atoms with Gasteiger partial charge in [-0.05, 0) is 6.08 Å². The summed E-state index contributed by atoms with van der Waals surface area (Å²) in [6.07, 6.45) is 1.39. The van der Waals surface area contributed by atoms with Crippen LogP contribution in [0, 0.1) is 22.2 Å². The largest absolute Gasteiger partial charge is 0.398 e. The van der Waals surface area contributed by atoms with Gasteiger partial charge in [-0.25, -0.2) is 0 Å². The molecule has 0 heterocycles. The van der Waals surface area contributed by atoms with E-state index in [1.165, 1.54) is 6.08 Å². The van der Waals surface area contributed by atoms with Crippen LogP contribution in [0.4, 0.5) is 0 Å². The zero-order valence-electron chi connectivity index (χ0n) is 8.31. The third kappa shape index (κ3) is 2.75. The molecule has 3 heteroatoms. The Morgan fingerprint density at radius 2 is 2.00 bits per heavy atom. The Balaban J connectivity index is 5.19. The summed E-state index contributed by atoms with van der Waals surface area (Å²) in [5.74, 6) is 0. The van der Waals surface area contributed by atoms with E-state index in [9.17, 15) is 0 Å². The summed E-state index contributed by atoms with van der Waals surface area (Å²) in [6, 6.07) is 1.92. The lowest BCUT2D eigenvalue weighted by Gasteiger charge is -2.19. The van der Waals surface area contributed by atoms with Crippen LogP contribution >= 0.6 is 0 Å². The SMILES string of the molecule is C=C/C(N)=C(/C#N)C(=N)C(C)(C)C. The molecule has 0 spiro atoms. The minimum absolute atomic E-state index is 0.211. The summed E-state index contributed by atoms with van der Waals surface area (Å²) in [7, 11) is 0. The van der Waals surface area contributed by atoms with E-state index in [1.54, 1.807) is 0 Å². The van der Waals surface area contributed by atoms with Crippen molar-refractivity contribution in [3.8, 4) is 6.07 Å². The van der Waals surface area contributed by atoms with E-state index in [0.29, 0.717) is 0 Å². The third-order valence-corrected chi connectivity index (χ3v) is 1.62. The van der Waals surface area contributed by atoms with Gasteiger partial charge in [0.05, 0.1) is 17.0 Å². The van der Waals surface area contributed by atoms with Gasteiger partial charge in [-0.2, -0.15) is 5.26 Å². The van der Waals surface area contributed by atoms with Gasteiger partial charge in [0.15, 0.2) is 0 Å². The average molecular weight is 177 g/mol. The van der Waals surface area contributed by atoms with Gasteiger partial charge in [0, 0.05) is 5.41 Å². The molecule has 0 unspecified atom stereocenters. The molecule has 0 aromatic heterocycles. The number of allylic oxidation sites excluding steroid dienone is 2. The van der Waals surface area contributed by atoms with Crippen LogP contribution in [0.15, 0.2) is 23.9 Å². The molecule has 0 radical (unpaired) electrons. The first kappa shape index (κ1) is 11.4. The number of nitriles is 1. The highest BCUT2D eigenvalue weighted by atomic mass is 14.6. The van der Waals surface area contributed by atoms with Gasteiger partial charge in [0.1, 0.15) is 6.07 Å². The van der Waals surface area contributed by atoms with E-state index < -0.39 is 0 Å². The molecule has 0 rings (SSSR count). The van der Waals surface area contributed by atoms with Crippen molar-refractivity contribution in [1.29, 1.82) is 10.7 Å². The first-order chi connectivity index (χ1) is 5.84. The predicted molar refractivity (Wildman–Crippen MR) is 54.2 cm³/mol. The number of nitrogens with one attached hydrogen (secondary N) is 1. The first-order valence-corrected chi connectivity index (χ1v) is 3.96. The summed E-state index contributed by atoms with van der Waals surface area (Å²) < 4.78 is 0. The van der Waals surface area contributed by atoms with Gasteiger partial charge in [0.25, 0.3) is 0 Å². The Hall–Kier alpha value is -1.56. The maximum Gasteiger partial charge on any atom is 0.103 e. The number of rotatable bonds is 2. The van der Waals surface area contributed by atoms with Gasteiger partial charge < -0.3 is 11.1 Å². The molecule has 3 N–H and O–H groups in total. The molecule has 0 saturated heterocycles. The summed E-state index contributed by atoms with van der Waals surface area (Å²) in [6.45, 7) is 9.06. The monoisotopic (exact) mass is 177 g/mol. The number of hydrogen-bond donors (Lipinski definition) is 2. The number of nitrogens with two attached hydrogens (primary N) is 1. The van der Waals surface area contributed by atoms with Crippen LogP contribution in [-0.2, 0) is 0 Å². The Morgan fingerprint density at radius 1 is 1.54 bits per heavy atom. The molecule has 13 heavy (non-hydrogen) atoms. The zero-order valence-corrected chi connectivity index (χ0v) is 8.31. The molecule has 3 nitrogen and oxygen atoms in total. The molecule has 0 amide bonds. The second-order valence-corrected chi connectivity index (χ2v) is 3.77. The lowest BCUT2D eigenvalue weighted by atomic mass is 9.85. The molecule has 0 aromatic rings. The van der Waals surface area contributed by atoms with Crippen LogP contribution < -0.4 is 5.73 Å². The van der Waals surface area contributed by atoms with Gasteiger partial charge in [-0.15, -0.1) is 0 Å². The highest BCUT2D eigenvalue weighted by Gasteiger charge is 2.22. The van der Waals surface area contributed by atoms with E-state index in [-0.39, 0.29) is 22.4 Å². The predicted octanol–water partition coefficient (Wildman–Crippen LogP) is 1.97. The minimum atomic E-state index is -0.362. The van der Waals surface area contributed by atoms with Gasteiger partial charge in [0.2, 0.25) is 0 Å². The van der Waals surface area contributed by atoms with Crippen LogP contribution in [0.25, 0.3) is 0 Å². The smallest absolute Gasteiger partial charge is 0.103 e. The number of nitrogens with zero attached hydrogens (tertiary/aromatic N) is 1. The Labute approximate surface area is 79.1 Å². The van der Waals surface area contributed by atoms with Crippen LogP contribution in [-0.4, -0.2) is 5.71 Å². The second-order valence-electron chi connectivity index (χ2n) is 3.77. The fourth-order valence-electron chi connectivity index (χ4n) is 0.742. The minimum Gasteiger partial charge on any atom is -0.398 e. The summed E-state index contributed by atoms with van der Waals surface area (Å²) in [5.41, 5.74) is 5.88. The molecule has 0 bridgehead atoms. The van der Waals surface area contributed by atoms with E-state index in [0.717, 1.165) is 0 Å². The first-order valence-electron chi connectivity index (χ1n) is 3.96. The van der Waals surface area contributed by atoms with Crippen LogP contribution in [0.5, 0.6) is 0 Å². The van der Waals surface area contributed by atoms with Gasteiger partial charge in [-0.1, -0.05) is 27.4 Å². The van der Waals surface area contributed by atoms with E-state index >= 15 is 0 Å². The number of hydrogen-bond acceptors (Lipinski definition) is 3. The van der Waals surface area contributed by atoms with Gasteiger partial charge in [-0.3, -0.25) is 0 Å². The maximum atomic E-state index is 8.78. The van der Waals surface area contributed by atoms with E-state index in [1.807, 2.05) is 26.8 Å². The van der Waals surface area contributed by atoms with Crippen molar-refractivity contribution in [3.63, 3.8) is 0 Å². The lowest BCUT2D eigenvalue weighted by molar-refractivity contribution is 0.588. The Morgan fingerprint density at radius 3 is 2.23 bits per heavy atom. The molecule has 0 fully saturated rings. The molecule has 0 aliphatic carbocycles. The molecule has 0 aliphatic heterocycles. The highest BCUT2D eigenvalue weighted by molar-refractivity contribution is 6.05. The molecule has 0 saturated carbocycles. The van der Waals surface area contributed by atoms with Crippen LogP contribution in [0.3, 0.4) is 0 Å². The van der Waals surface area contributed by atoms with Gasteiger partial charge >= 0.3 is 0 Å². The van der Waals surface area contributed by atoms with E-state index in [4.69, 9.17) is 16.4 Å². The lowest BCUT2D eigenvalue weighted by Crippen LogP contribution is -2.23.